The van der Waals surface area contributed by atoms with Gasteiger partial charge in [0.15, 0.2) is 17.3 Å². The zero-order valence-corrected chi connectivity index (χ0v) is 18.1. The van der Waals surface area contributed by atoms with E-state index in [0.29, 0.717) is 40.7 Å². The molecule has 0 aliphatic heterocycles. The van der Waals surface area contributed by atoms with Crippen molar-refractivity contribution in [2.24, 2.45) is 0 Å². The molecule has 3 heterocycles. The fourth-order valence-corrected chi connectivity index (χ4v) is 2.99. The molecule has 0 amide bonds. The molecule has 0 radical (unpaired) electrons. The molecule has 0 bridgehead atoms. The lowest BCUT2D eigenvalue weighted by Gasteiger charge is -2.12. The van der Waals surface area contributed by atoms with Crippen LogP contribution in [0.4, 0.5) is 5.82 Å². The van der Waals surface area contributed by atoms with E-state index in [4.69, 9.17) is 16.6 Å². The smallest absolute Gasteiger partial charge is 0.167 e. The lowest BCUT2D eigenvalue weighted by Crippen LogP contribution is -2.08. The Bertz CT molecular complexity index is 1120. The van der Waals surface area contributed by atoms with Gasteiger partial charge in [-0.1, -0.05) is 29.8 Å². The number of rotatable bonds is 8. The number of aromatic nitrogens is 5. The van der Waals surface area contributed by atoms with Gasteiger partial charge in [0.05, 0.1) is 16.9 Å². The Hall–Kier alpha value is -3.19. The fourth-order valence-electron chi connectivity index (χ4n) is 2.80. The molecule has 7 nitrogen and oxygen atoms in total. The molecule has 3 aromatic heterocycles. The predicted molar refractivity (Wildman–Crippen MR) is 122 cm³/mol. The average molecular weight is 425 g/mol. The standard InChI is InChI=1S/C22H25ClN6O/c1-5-16(30)7-6-15(4)8-11-25-21-19-22(29(13-26-19)14(2)3)28-20(27-21)17-12-24-10-9-18(17)23/h5-7,9-10,12-14,30H,4,8,11H2,1-3H3,(H,25,27,28)/b7-6-,16-5+. The van der Waals surface area contributed by atoms with E-state index < -0.39 is 0 Å². The van der Waals surface area contributed by atoms with Crippen LogP contribution in [0.1, 0.15) is 33.2 Å². The summed E-state index contributed by atoms with van der Waals surface area (Å²) in [4.78, 5) is 18.0. The van der Waals surface area contributed by atoms with Crippen LogP contribution in [0.15, 0.2) is 60.9 Å². The molecule has 0 saturated carbocycles. The summed E-state index contributed by atoms with van der Waals surface area (Å²) in [6.45, 7) is 10.5. The molecular formula is C22H25ClN6O. The van der Waals surface area contributed by atoms with E-state index in [1.165, 1.54) is 0 Å². The Balaban J connectivity index is 1.90. The zero-order chi connectivity index (χ0) is 21.7. The second-order valence-electron chi connectivity index (χ2n) is 7.05. The first-order valence-electron chi connectivity index (χ1n) is 9.70. The summed E-state index contributed by atoms with van der Waals surface area (Å²) in [5.41, 5.74) is 2.97. The number of halogens is 1. The van der Waals surface area contributed by atoms with Gasteiger partial charge in [-0.25, -0.2) is 15.0 Å². The van der Waals surface area contributed by atoms with Gasteiger partial charge in [-0.05, 0) is 45.4 Å². The van der Waals surface area contributed by atoms with Crippen molar-refractivity contribution in [1.29, 1.82) is 0 Å². The second kappa shape index (κ2) is 9.54. The average Bonchev–Trinajstić information content (AvgIpc) is 3.16. The summed E-state index contributed by atoms with van der Waals surface area (Å²) in [5, 5.41) is 13.4. The minimum absolute atomic E-state index is 0.194. The number of hydrogen-bond donors (Lipinski definition) is 2. The van der Waals surface area contributed by atoms with Gasteiger partial charge in [-0.2, -0.15) is 0 Å². The van der Waals surface area contributed by atoms with E-state index in [1.807, 2.05) is 4.57 Å². The number of nitrogens with zero attached hydrogens (tertiary/aromatic N) is 5. The monoisotopic (exact) mass is 424 g/mol. The van der Waals surface area contributed by atoms with E-state index in [1.54, 1.807) is 49.9 Å². The Labute approximate surface area is 180 Å². The van der Waals surface area contributed by atoms with Gasteiger partial charge in [-0.15, -0.1) is 0 Å². The summed E-state index contributed by atoms with van der Waals surface area (Å²) >= 11 is 6.35. The molecule has 0 aromatic carbocycles. The summed E-state index contributed by atoms with van der Waals surface area (Å²) < 4.78 is 2.00. The summed E-state index contributed by atoms with van der Waals surface area (Å²) in [6.07, 6.45) is 10.8. The van der Waals surface area contributed by atoms with E-state index in [-0.39, 0.29) is 11.8 Å². The van der Waals surface area contributed by atoms with Crippen LogP contribution in [0, 0.1) is 0 Å². The fraction of sp³-hybridized carbons (Fsp3) is 0.273. The summed E-state index contributed by atoms with van der Waals surface area (Å²) in [5.74, 6) is 1.32. The normalized spacial score (nSPS) is 12.2. The van der Waals surface area contributed by atoms with Crippen LogP contribution >= 0.6 is 11.6 Å². The molecule has 3 aromatic rings. The number of imidazole rings is 1. The van der Waals surface area contributed by atoms with E-state index >= 15 is 0 Å². The van der Waals surface area contributed by atoms with Gasteiger partial charge in [0.1, 0.15) is 11.3 Å². The zero-order valence-electron chi connectivity index (χ0n) is 17.3. The molecule has 0 saturated heterocycles. The lowest BCUT2D eigenvalue weighted by atomic mass is 10.2. The highest BCUT2D eigenvalue weighted by Gasteiger charge is 2.17. The van der Waals surface area contributed by atoms with Crippen molar-refractivity contribution < 1.29 is 5.11 Å². The first-order valence-corrected chi connectivity index (χ1v) is 10.1. The van der Waals surface area contributed by atoms with Crippen LogP contribution in [0.2, 0.25) is 5.02 Å². The number of hydrogen-bond acceptors (Lipinski definition) is 6. The maximum absolute atomic E-state index is 9.51. The molecule has 156 valence electrons. The van der Waals surface area contributed by atoms with Crippen LogP contribution in [0.25, 0.3) is 22.6 Å². The molecule has 2 N–H and O–H groups in total. The van der Waals surface area contributed by atoms with Crippen molar-refractivity contribution in [3.63, 3.8) is 0 Å². The molecule has 0 aliphatic rings. The van der Waals surface area contributed by atoms with Crippen molar-refractivity contribution in [2.75, 3.05) is 11.9 Å². The van der Waals surface area contributed by atoms with Gasteiger partial charge in [0, 0.05) is 25.0 Å². The van der Waals surface area contributed by atoms with Crippen molar-refractivity contribution in [3.05, 3.63) is 65.9 Å². The van der Waals surface area contributed by atoms with Crippen LogP contribution in [0.5, 0.6) is 0 Å². The maximum atomic E-state index is 9.51. The highest BCUT2D eigenvalue weighted by Crippen LogP contribution is 2.29. The number of aliphatic hydroxyl groups excluding tert-OH is 1. The number of fused-ring (bicyclic) bond motifs is 1. The third-order valence-corrected chi connectivity index (χ3v) is 4.84. The quantitative estimate of drug-likeness (QED) is 0.366. The lowest BCUT2D eigenvalue weighted by molar-refractivity contribution is 0.431. The van der Waals surface area contributed by atoms with Gasteiger partial charge >= 0.3 is 0 Å². The van der Waals surface area contributed by atoms with Crippen LogP contribution in [0.3, 0.4) is 0 Å². The number of anilines is 1. The predicted octanol–water partition coefficient (Wildman–Crippen LogP) is 5.50. The molecule has 0 atom stereocenters. The molecule has 0 aliphatic carbocycles. The van der Waals surface area contributed by atoms with Crippen molar-refractivity contribution in [2.45, 2.75) is 33.2 Å². The molecule has 3 rings (SSSR count). The number of aliphatic hydroxyl groups is 1. The van der Waals surface area contributed by atoms with Crippen molar-refractivity contribution in [1.82, 2.24) is 24.5 Å². The first kappa shape index (κ1) is 21.5. The summed E-state index contributed by atoms with van der Waals surface area (Å²) in [7, 11) is 0. The van der Waals surface area contributed by atoms with E-state index in [9.17, 15) is 5.11 Å². The maximum Gasteiger partial charge on any atom is 0.167 e. The number of allylic oxidation sites excluding steroid dienone is 3. The first-order chi connectivity index (χ1) is 14.4. The number of nitrogens with one attached hydrogen (secondary N) is 1. The van der Waals surface area contributed by atoms with Gasteiger partial charge in [0.25, 0.3) is 0 Å². The van der Waals surface area contributed by atoms with Gasteiger partial charge < -0.3 is 15.0 Å². The van der Waals surface area contributed by atoms with Gasteiger partial charge in [-0.3, -0.25) is 4.98 Å². The van der Waals surface area contributed by atoms with Crippen LogP contribution in [-0.2, 0) is 0 Å². The Kier molecular flexibility index (Phi) is 6.84. The molecule has 8 heteroatoms. The Morgan fingerprint density at radius 3 is 2.83 bits per heavy atom. The highest BCUT2D eigenvalue weighted by atomic mass is 35.5. The Morgan fingerprint density at radius 2 is 2.13 bits per heavy atom. The molecule has 0 fully saturated rings. The SMILES string of the molecule is C=C(/C=C\C(O)=C/C)CCNc1nc(-c2cnccc2Cl)nc2c1ncn2C(C)C. The largest absolute Gasteiger partial charge is 0.508 e. The minimum Gasteiger partial charge on any atom is -0.508 e. The number of pyridine rings is 1. The van der Waals surface area contributed by atoms with E-state index in [2.05, 4.69) is 40.7 Å². The van der Waals surface area contributed by atoms with E-state index in [0.717, 1.165) is 11.2 Å². The van der Waals surface area contributed by atoms with Crippen LogP contribution < -0.4 is 5.32 Å². The van der Waals surface area contributed by atoms with Crippen molar-refractivity contribution in [3.8, 4) is 11.4 Å². The third kappa shape index (κ3) is 4.86. The molecule has 0 unspecified atom stereocenters. The van der Waals surface area contributed by atoms with Crippen LogP contribution in [-0.4, -0.2) is 36.2 Å². The third-order valence-electron chi connectivity index (χ3n) is 4.51. The highest BCUT2D eigenvalue weighted by molar-refractivity contribution is 6.33. The van der Waals surface area contributed by atoms with Crippen molar-refractivity contribution >= 4 is 28.6 Å². The molecular weight excluding hydrogens is 400 g/mol. The second-order valence-corrected chi connectivity index (χ2v) is 7.46. The topological polar surface area (TPSA) is 88.8 Å². The Morgan fingerprint density at radius 1 is 1.33 bits per heavy atom. The summed E-state index contributed by atoms with van der Waals surface area (Å²) in [6, 6.07) is 1.91. The minimum atomic E-state index is 0.194. The molecule has 30 heavy (non-hydrogen) atoms. The van der Waals surface area contributed by atoms with Gasteiger partial charge in [0.2, 0.25) is 0 Å². The molecule has 0 spiro atoms.